The van der Waals surface area contributed by atoms with E-state index in [0.717, 1.165) is 9.48 Å². The van der Waals surface area contributed by atoms with Gasteiger partial charge < -0.3 is 14.3 Å². The SMILES string of the molecule is O=C1NN(c2ccc(Br)cc2)C(=O)/C1=C\c1ccc(-c2cccc(C(=O)[O-])c2)o1. The number of rotatable bonds is 4. The van der Waals surface area contributed by atoms with E-state index < -0.39 is 17.8 Å². The molecule has 0 spiro atoms. The molecule has 1 aromatic heterocycles. The van der Waals surface area contributed by atoms with E-state index in [-0.39, 0.29) is 16.9 Å². The van der Waals surface area contributed by atoms with Gasteiger partial charge in [0.25, 0.3) is 11.8 Å². The summed E-state index contributed by atoms with van der Waals surface area (Å²) in [4.78, 5) is 35.9. The number of furan rings is 1. The van der Waals surface area contributed by atoms with E-state index in [1.165, 1.54) is 18.2 Å². The minimum atomic E-state index is -1.29. The van der Waals surface area contributed by atoms with Crippen LogP contribution in [0.1, 0.15) is 16.1 Å². The Morgan fingerprint density at radius 2 is 1.83 bits per heavy atom. The molecule has 7 nitrogen and oxygen atoms in total. The number of carboxylic acid groups (broad SMARTS) is 1. The van der Waals surface area contributed by atoms with Crippen LogP contribution in [0.5, 0.6) is 0 Å². The van der Waals surface area contributed by atoms with Gasteiger partial charge in [0.1, 0.15) is 17.1 Å². The Morgan fingerprint density at radius 3 is 2.55 bits per heavy atom. The number of hydrazine groups is 1. The van der Waals surface area contributed by atoms with E-state index in [9.17, 15) is 19.5 Å². The number of benzene rings is 2. The van der Waals surface area contributed by atoms with Gasteiger partial charge >= 0.3 is 0 Å². The first-order valence-corrected chi connectivity index (χ1v) is 9.26. The molecule has 4 rings (SSSR count). The van der Waals surface area contributed by atoms with Crippen molar-refractivity contribution in [3.05, 3.63) is 82.0 Å². The molecule has 2 amide bonds. The topological polar surface area (TPSA) is 103 Å². The number of nitrogens with one attached hydrogen (secondary N) is 1. The van der Waals surface area contributed by atoms with Gasteiger partial charge in [-0.15, -0.1) is 0 Å². The number of carboxylic acids is 1. The van der Waals surface area contributed by atoms with Gasteiger partial charge in [0, 0.05) is 10.0 Å². The molecule has 2 heterocycles. The minimum absolute atomic E-state index is 0.0225. The van der Waals surface area contributed by atoms with E-state index >= 15 is 0 Å². The quantitative estimate of drug-likeness (QED) is 0.484. The lowest BCUT2D eigenvalue weighted by Gasteiger charge is -2.14. The van der Waals surface area contributed by atoms with Gasteiger partial charge in [-0.05, 0) is 54.1 Å². The van der Waals surface area contributed by atoms with Crippen LogP contribution in [0.25, 0.3) is 17.4 Å². The van der Waals surface area contributed by atoms with Crippen molar-refractivity contribution in [2.75, 3.05) is 5.01 Å². The highest BCUT2D eigenvalue weighted by Crippen LogP contribution is 2.27. The Kier molecular flexibility index (Phi) is 4.77. The Balaban J connectivity index is 1.61. The number of carbonyl (C=O) groups excluding carboxylic acids is 3. The van der Waals surface area contributed by atoms with Crippen LogP contribution < -0.4 is 15.5 Å². The third-order valence-electron chi connectivity index (χ3n) is 4.27. The maximum atomic E-state index is 12.7. The molecule has 0 atom stereocenters. The molecule has 0 bridgehead atoms. The van der Waals surface area contributed by atoms with Crippen LogP contribution >= 0.6 is 15.9 Å². The van der Waals surface area contributed by atoms with Crippen LogP contribution in [0.15, 0.2) is 75.1 Å². The summed E-state index contributed by atoms with van der Waals surface area (Å²) in [6.45, 7) is 0. The lowest BCUT2D eigenvalue weighted by Crippen LogP contribution is -2.35. The van der Waals surface area contributed by atoms with E-state index in [2.05, 4.69) is 21.4 Å². The average Bonchev–Trinajstić information content (AvgIpc) is 3.29. The fourth-order valence-corrected chi connectivity index (χ4v) is 3.12. The number of hydrogen-bond donors (Lipinski definition) is 1. The van der Waals surface area contributed by atoms with E-state index in [0.29, 0.717) is 17.0 Å². The summed E-state index contributed by atoms with van der Waals surface area (Å²) in [7, 11) is 0. The van der Waals surface area contributed by atoms with Gasteiger partial charge in [-0.1, -0.05) is 34.1 Å². The monoisotopic (exact) mass is 451 g/mol. The van der Waals surface area contributed by atoms with Crippen LogP contribution in [-0.4, -0.2) is 17.8 Å². The number of carbonyl (C=O) groups is 3. The van der Waals surface area contributed by atoms with E-state index in [4.69, 9.17) is 4.42 Å². The zero-order valence-electron chi connectivity index (χ0n) is 14.7. The zero-order valence-corrected chi connectivity index (χ0v) is 16.3. The molecular formula is C21H12BrN2O5-. The Labute approximate surface area is 173 Å². The minimum Gasteiger partial charge on any atom is -0.545 e. The molecule has 1 aliphatic rings. The molecule has 0 saturated carbocycles. The second kappa shape index (κ2) is 7.40. The van der Waals surface area contributed by atoms with Crippen LogP contribution in [0.2, 0.25) is 0 Å². The largest absolute Gasteiger partial charge is 0.545 e. The average molecular weight is 452 g/mol. The van der Waals surface area contributed by atoms with Crippen molar-refractivity contribution >= 4 is 45.5 Å². The maximum absolute atomic E-state index is 12.7. The maximum Gasteiger partial charge on any atom is 0.282 e. The number of hydrogen-bond acceptors (Lipinski definition) is 5. The molecule has 8 heteroatoms. The van der Waals surface area contributed by atoms with Crippen molar-refractivity contribution in [1.29, 1.82) is 0 Å². The first kappa shape index (κ1) is 18.7. The Bertz CT molecular complexity index is 1160. The highest BCUT2D eigenvalue weighted by atomic mass is 79.9. The van der Waals surface area contributed by atoms with E-state index in [1.54, 1.807) is 48.5 Å². The molecule has 1 aliphatic heterocycles. The summed E-state index contributed by atoms with van der Waals surface area (Å²) in [5.41, 5.74) is 3.53. The molecule has 0 unspecified atom stereocenters. The van der Waals surface area contributed by atoms with Crippen LogP contribution in [0.3, 0.4) is 0 Å². The molecule has 0 radical (unpaired) electrons. The smallest absolute Gasteiger partial charge is 0.282 e. The van der Waals surface area contributed by atoms with Gasteiger partial charge in [0.05, 0.1) is 11.7 Å². The molecule has 3 aromatic rings. The Morgan fingerprint density at radius 1 is 1.07 bits per heavy atom. The highest BCUT2D eigenvalue weighted by Gasteiger charge is 2.34. The van der Waals surface area contributed by atoms with Crippen molar-refractivity contribution in [2.45, 2.75) is 0 Å². The van der Waals surface area contributed by atoms with Crippen molar-refractivity contribution in [3.8, 4) is 11.3 Å². The normalized spacial score (nSPS) is 15.1. The Hall–Kier alpha value is -3.65. The van der Waals surface area contributed by atoms with Crippen molar-refractivity contribution in [1.82, 2.24) is 5.43 Å². The van der Waals surface area contributed by atoms with Crippen molar-refractivity contribution in [2.24, 2.45) is 0 Å². The summed E-state index contributed by atoms with van der Waals surface area (Å²) >= 11 is 3.32. The number of anilines is 1. The standard InChI is InChI=1S/C21H13BrN2O5/c22-14-4-6-15(7-5-14)24-20(26)17(19(25)23-24)11-16-8-9-18(29-16)12-2-1-3-13(10-12)21(27)28/h1-11H,(H,23,25)(H,27,28)/p-1/b17-11-. The molecule has 1 N–H and O–H groups in total. The number of halogens is 1. The molecule has 144 valence electrons. The van der Waals surface area contributed by atoms with Gasteiger partial charge in [-0.25, -0.2) is 5.01 Å². The summed E-state index contributed by atoms with van der Waals surface area (Å²) in [5, 5.41) is 12.2. The summed E-state index contributed by atoms with van der Waals surface area (Å²) in [5.74, 6) is -1.66. The second-order valence-corrected chi connectivity index (χ2v) is 7.10. The fraction of sp³-hybridized carbons (Fsp3) is 0. The van der Waals surface area contributed by atoms with Gasteiger partial charge in [-0.3, -0.25) is 15.0 Å². The summed E-state index contributed by atoms with van der Waals surface area (Å²) in [6.07, 6.45) is 1.35. The van der Waals surface area contributed by atoms with Crippen LogP contribution in [-0.2, 0) is 9.59 Å². The van der Waals surface area contributed by atoms with Crippen LogP contribution in [0, 0.1) is 0 Å². The molecular weight excluding hydrogens is 440 g/mol. The van der Waals surface area contributed by atoms with Crippen molar-refractivity contribution < 1.29 is 23.9 Å². The predicted octanol–water partition coefficient (Wildman–Crippen LogP) is 2.53. The summed E-state index contributed by atoms with van der Waals surface area (Å²) < 4.78 is 6.52. The van der Waals surface area contributed by atoms with Crippen molar-refractivity contribution in [3.63, 3.8) is 0 Å². The third kappa shape index (κ3) is 3.70. The van der Waals surface area contributed by atoms with Crippen LogP contribution in [0.4, 0.5) is 5.69 Å². The third-order valence-corrected chi connectivity index (χ3v) is 4.80. The molecule has 29 heavy (non-hydrogen) atoms. The zero-order chi connectivity index (χ0) is 20.5. The predicted molar refractivity (Wildman–Crippen MR) is 106 cm³/mol. The highest BCUT2D eigenvalue weighted by molar-refractivity contribution is 9.10. The summed E-state index contributed by atoms with van der Waals surface area (Å²) in [6, 6.07) is 16.2. The van der Waals surface area contributed by atoms with E-state index in [1.807, 2.05) is 0 Å². The molecule has 1 saturated heterocycles. The number of amides is 2. The first-order valence-electron chi connectivity index (χ1n) is 8.47. The number of aromatic carboxylic acids is 1. The molecule has 0 aliphatic carbocycles. The molecule has 1 fully saturated rings. The number of nitrogens with zero attached hydrogens (tertiary/aromatic N) is 1. The van der Waals surface area contributed by atoms with Gasteiger partial charge in [0.2, 0.25) is 0 Å². The lowest BCUT2D eigenvalue weighted by molar-refractivity contribution is -0.255. The van der Waals surface area contributed by atoms with Gasteiger partial charge in [0.15, 0.2) is 0 Å². The van der Waals surface area contributed by atoms with Gasteiger partial charge in [-0.2, -0.15) is 0 Å². The molecule has 2 aromatic carbocycles. The lowest BCUT2D eigenvalue weighted by atomic mass is 10.1. The fourth-order valence-electron chi connectivity index (χ4n) is 2.86. The first-order chi connectivity index (χ1) is 13.9. The second-order valence-electron chi connectivity index (χ2n) is 6.19.